The largest absolute Gasteiger partial charge is 0.464 e. The molecule has 1 aromatic rings. The summed E-state index contributed by atoms with van der Waals surface area (Å²) in [6.07, 6.45) is 0. The van der Waals surface area contributed by atoms with E-state index in [2.05, 4.69) is 5.32 Å². The van der Waals surface area contributed by atoms with Crippen LogP contribution in [0.3, 0.4) is 0 Å². The molecule has 1 unspecified atom stereocenters. The zero-order chi connectivity index (χ0) is 15.4. The van der Waals surface area contributed by atoms with Crippen molar-refractivity contribution in [2.45, 2.75) is 13.0 Å². The third-order valence-corrected chi connectivity index (χ3v) is 3.35. The molecule has 0 bridgehead atoms. The number of rotatable bonds is 4. The second-order valence-electron chi connectivity index (χ2n) is 4.66. The first-order valence-electron chi connectivity index (χ1n) is 6.78. The van der Waals surface area contributed by atoms with Gasteiger partial charge in [0, 0.05) is 19.6 Å². The van der Waals surface area contributed by atoms with E-state index in [0.29, 0.717) is 25.3 Å². The van der Waals surface area contributed by atoms with Gasteiger partial charge in [-0.25, -0.2) is 9.18 Å². The number of amides is 1. The Balaban J connectivity index is 2.40. The van der Waals surface area contributed by atoms with Crippen molar-refractivity contribution >= 4 is 17.6 Å². The number of nitrogens with two attached hydrogens (primary N) is 1. The van der Waals surface area contributed by atoms with Crippen molar-refractivity contribution < 1.29 is 18.7 Å². The van der Waals surface area contributed by atoms with Gasteiger partial charge in [-0.15, -0.1) is 0 Å². The highest BCUT2D eigenvalue weighted by molar-refractivity contribution is 5.99. The van der Waals surface area contributed by atoms with Gasteiger partial charge in [0.1, 0.15) is 11.9 Å². The van der Waals surface area contributed by atoms with Gasteiger partial charge in [-0.1, -0.05) is 6.07 Å². The van der Waals surface area contributed by atoms with E-state index in [1.807, 2.05) is 0 Å². The highest BCUT2D eigenvalue weighted by Gasteiger charge is 2.32. The van der Waals surface area contributed by atoms with E-state index >= 15 is 0 Å². The van der Waals surface area contributed by atoms with E-state index in [-0.39, 0.29) is 12.2 Å². The summed E-state index contributed by atoms with van der Waals surface area (Å²) in [6, 6.07) is 3.63. The van der Waals surface area contributed by atoms with Gasteiger partial charge >= 0.3 is 5.97 Å². The van der Waals surface area contributed by atoms with E-state index in [9.17, 15) is 14.0 Å². The number of ether oxygens (including phenoxy) is 1. The molecule has 3 N–H and O–H groups in total. The minimum atomic E-state index is -0.857. The van der Waals surface area contributed by atoms with E-state index in [0.717, 1.165) is 0 Å². The fourth-order valence-electron chi connectivity index (χ4n) is 2.44. The maximum absolute atomic E-state index is 13.9. The summed E-state index contributed by atoms with van der Waals surface area (Å²) in [7, 11) is 0. The van der Waals surface area contributed by atoms with Crippen molar-refractivity contribution in [2.75, 3.05) is 31.1 Å². The minimum Gasteiger partial charge on any atom is -0.464 e. The standard InChI is InChI=1S/C14H18FN3O3/c1-2-21-14(20)11-8-17-6-7-18(11)10-5-3-4-9(15)12(10)13(16)19/h3-5,11,17H,2,6-8H2,1H3,(H2,16,19). The lowest BCUT2D eigenvalue weighted by Gasteiger charge is -2.37. The Morgan fingerprint density at radius 2 is 2.29 bits per heavy atom. The molecule has 0 radical (unpaired) electrons. The van der Waals surface area contributed by atoms with E-state index < -0.39 is 23.7 Å². The Bertz CT molecular complexity index is 550. The van der Waals surface area contributed by atoms with Crippen LogP contribution in [-0.4, -0.2) is 44.2 Å². The summed E-state index contributed by atoms with van der Waals surface area (Å²) >= 11 is 0. The molecule has 1 atom stereocenters. The molecule has 0 saturated carbocycles. The van der Waals surface area contributed by atoms with Crippen LogP contribution in [0.1, 0.15) is 17.3 Å². The lowest BCUT2D eigenvalue weighted by atomic mass is 10.1. The van der Waals surface area contributed by atoms with Gasteiger partial charge in [0.05, 0.1) is 17.9 Å². The topological polar surface area (TPSA) is 84.7 Å². The molecule has 1 aromatic carbocycles. The molecule has 0 spiro atoms. The lowest BCUT2D eigenvalue weighted by molar-refractivity contribution is -0.144. The molecule has 1 aliphatic rings. The Morgan fingerprint density at radius 1 is 1.52 bits per heavy atom. The van der Waals surface area contributed by atoms with Gasteiger partial charge in [-0.3, -0.25) is 4.79 Å². The highest BCUT2D eigenvalue weighted by atomic mass is 19.1. The normalized spacial score (nSPS) is 18.4. The highest BCUT2D eigenvalue weighted by Crippen LogP contribution is 2.26. The second-order valence-corrected chi connectivity index (χ2v) is 4.66. The number of esters is 1. The molecule has 7 heteroatoms. The Hall–Kier alpha value is -2.15. The van der Waals surface area contributed by atoms with Gasteiger partial charge in [0.25, 0.3) is 5.91 Å². The third kappa shape index (κ3) is 3.13. The smallest absolute Gasteiger partial charge is 0.330 e. The molecule has 114 valence electrons. The Kier molecular flexibility index (Phi) is 4.74. The van der Waals surface area contributed by atoms with Gasteiger partial charge in [0.2, 0.25) is 0 Å². The molecule has 1 heterocycles. The summed E-state index contributed by atoms with van der Waals surface area (Å²) in [4.78, 5) is 25.2. The molecule has 1 amide bonds. The van der Waals surface area contributed by atoms with Crippen LogP contribution in [0.5, 0.6) is 0 Å². The van der Waals surface area contributed by atoms with Gasteiger partial charge in [-0.2, -0.15) is 0 Å². The number of primary amides is 1. The molecule has 1 fully saturated rings. The zero-order valence-electron chi connectivity index (χ0n) is 11.8. The maximum Gasteiger partial charge on any atom is 0.330 e. The van der Waals surface area contributed by atoms with Crippen LogP contribution in [-0.2, 0) is 9.53 Å². The van der Waals surface area contributed by atoms with Crippen LogP contribution >= 0.6 is 0 Å². The SMILES string of the molecule is CCOC(=O)C1CNCCN1c1cccc(F)c1C(N)=O. The van der Waals surface area contributed by atoms with Crippen molar-refractivity contribution in [3.63, 3.8) is 0 Å². The number of hydrogen-bond donors (Lipinski definition) is 2. The van der Waals surface area contributed by atoms with Crippen molar-refractivity contribution in [2.24, 2.45) is 5.73 Å². The first-order valence-corrected chi connectivity index (χ1v) is 6.78. The van der Waals surface area contributed by atoms with Gasteiger partial charge in [-0.05, 0) is 19.1 Å². The second kappa shape index (κ2) is 6.53. The fraction of sp³-hybridized carbons (Fsp3) is 0.429. The van der Waals surface area contributed by atoms with Gasteiger partial charge < -0.3 is 20.7 Å². The molecule has 1 saturated heterocycles. The number of benzene rings is 1. The molecule has 6 nitrogen and oxygen atoms in total. The van der Waals surface area contributed by atoms with Crippen LogP contribution in [0.25, 0.3) is 0 Å². The van der Waals surface area contributed by atoms with Crippen LogP contribution < -0.4 is 16.0 Å². The molecular formula is C14H18FN3O3. The predicted octanol–water partition coefficient (Wildman–Crippen LogP) is 0.266. The summed E-state index contributed by atoms with van der Waals surface area (Å²) in [5, 5.41) is 3.08. The van der Waals surface area contributed by atoms with Crippen molar-refractivity contribution in [3.8, 4) is 0 Å². The first-order chi connectivity index (χ1) is 10.1. The first kappa shape index (κ1) is 15.2. The molecule has 1 aliphatic heterocycles. The average Bonchev–Trinajstić information content (AvgIpc) is 2.47. The average molecular weight is 295 g/mol. The van der Waals surface area contributed by atoms with Gasteiger partial charge in [0.15, 0.2) is 0 Å². The number of nitrogens with zero attached hydrogens (tertiary/aromatic N) is 1. The van der Waals surface area contributed by atoms with Crippen LogP contribution in [0.4, 0.5) is 10.1 Å². The van der Waals surface area contributed by atoms with E-state index in [1.54, 1.807) is 17.9 Å². The number of nitrogens with one attached hydrogen (secondary N) is 1. The molecule has 0 aliphatic carbocycles. The summed E-state index contributed by atoms with van der Waals surface area (Å²) < 4.78 is 18.9. The maximum atomic E-state index is 13.9. The van der Waals surface area contributed by atoms with Crippen LogP contribution in [0.2, 0.25) is 0 Å². The Labute approximate surface area is 122 Å². The number of anilines is 1. The van der Waals surface area contributed by atoms with Crippen molar-refractivity contribution in [3.05, 3.63) is 29.6 Å². The van der Waals surface area contributed by atoms with Crippen LogP contribution in [0.15, 0.2) is 18.2 Å². The number of carbonyl (C=O) groups is 2. The monoisotopic (exact) mass is 295 g/mol. The fourth-order valence-corrected chi connectivity index (χ4v) is 2.44. The molecule has 21 heavy (non-hydrogen) atoms. The van der Waals surface area contributed by atoms with Crippen LogP contribution in [0, 0.1) is 5.82 Å². The quantitative estimate of drug-likeness (QED) is 0.779. The summed E-state index contributed by atoms with van der Waals surface area (Å²) in [6.45, 7) is 3.41. The minimum absolute atomic E-state index is 0.200. The van der Waals surface area contributed by atoms with Crippen molar-refractivity contribution in [1.29, 1.82) is 0 Å². The molecule has 2 rings (SSSR count). The third-order valence-electron chi connectivity index (χ3n) is 3.35. The van der Waals surface area contributed by atoms with Crippen molar-refractivity contribution in [1.82, 2.24) is 5.32 Å². The Morgan fingerprint density at radius 3 is 2.95 bits per heavy atom. The number of carbonyl (C=O) groups excluding carboxylic acids is 2. The molecular weight excluding hydrogens is 277 g/mol. The predicted molar refractivity (Wildman–Crippen MR) is 75.6 cm³/mol. The lowest BCUT2D eigenvalue weighted by Crippen LogP contribution is -2.56. The van der Waals surface area contributed by atoms with E-state index in [1.165, 1.54) is 12.1 Å². The van der Waals surface area contributed by atoms with E-state index in [4.69, 9.17) is 10.5 Å². The zero-order valence-corrected chi connectivity index (χ0v) is 11.8. The number of piperazine rings is 1. The summed E-state index contributed by atoms with van der Waals surface area (Å²) in [5.74, 6) is -1.96. The summed E-state index contributed by atoms with van der Waals surface area (Å²) in [5.41, 5.74) is 5.39. The number of hydrogen-bond acceptors (Lipinski definition) is 5. The number of halogens is 1. The molecule has 0 aromatic heterocycles.